The lowest BCUT2D eigenvalue weighted by Crippen LogP contribution is -2.66. The number of rotatable bonds is 6. The van der Waals surface area contributed by atoms with E-state index in [0.717, 1.165) is 17.9 Å². The van der Waals surface area contributed by atoms with Gasteiger partial charge in [0.05, 0.1) is 0 Å². The van der Waals surface area contributed by atoms with E-state index in [1.165, 1.54) is 10.4 Å². The quantitative estimate of drug-likeness (QED) is 0.591. The zero-order valence-corrected chi connectivity index (χ0v) is 17.2. The molecule has 2 nitrogen and oxygen atoms in total. The van der Waals surface area contributed by atoms with Gasteiger partial charge >= 0.3 is 0 Å². The lowest BCUT2D eigenvalue weighted by molar-refractivity contribution is 0.290. The van der Waals surface area contributed by atoms with Gasteiger partial charge in [0, 0.05) is 13.0 Å². The number of benzene rings is 2. The number of furan rings is 1. The molecule has 3 heteroatoms. The molecule has 0 unspecified atom stereocenters. The molecule has 26 heavy (non-hydrogen) atoms. The van der Waals surface area contributed by atoms with Gasteiger partial charge in [0.25, 0.3) is 8.32 Å². The normalized spacial score (nSPS) is 12.3. The van der Waals surface area contributed by atoms with E-state index in [4.69, 9.17) is 8.84 Å². The lowest BCUT2D eigenvalue weighted by atomic mass is 10.2. The van der Waals surface area contributed by atoms with Crippen LogP contribution in [0.2, 0.25) is 5.04 Å². The lowest BCUT2D eigenvalue weighted by Gasteiger charge is -2.43. The summed E-state index contributed by atoms with van der Waals surface area (Å²) in [5.41, 5.74) is 0. The zero-order valence-electron chi connectivity index (χ0n) is 16.2. The van der Waals surface area contributed by atoms with Crippen molar-refractivity contribution in [3.8, 4) is 0 Å². The van der Waals surface area contributed by atoms with Gasteiger partial charge in [-0.3, -0.25) is 0 Å². The summed E-state index contributed by atoms with van der Waals surface area (Å²) in [6.07, 6.45) is 0.790. The third-order valence-corrected chi connectivity index (χ3v) is 9.92. The molecule has 0 radical (unpaired) electrons. The maximum atomic E-state index is 6.86. The Balaban J connectivity index is 1.99. The molecule has 3 aromatic rings. The van der Waals surface area contributed by atoms with Crippen LogP contribution in [-0.2, 0) is 10.8 Å². The van der Waals surface area contributed by atoms with Crippen molar-refractivity contribution in [1.82, 2.24) is 0 Å². The van der Waals surface area contributed by atoms with Crippen LogP contribution in [0.1, 0.15) is 32.3 Å². The van der Waals surface area contributed by atoms with Crippen LogP contribution in [-0.4, -0.2) is 14.9 Å². The van der Waals surface area contributed by atoms with Crippen LogP contribution >= 0.6 is 0 Å². The molecule has 0 spiro atoms. The van der Waals surface area contributed by atoms with E-state index < -0.39 is 8.32 Å². The Kier molecular flexibility index (Phi) is 5.49. The molecule has 0 saturated heterocycles. The van der Waals surface area contributed by atoms with Gasteiger partial charge in [-0.1, -0.05) is 81.4 Å². The van der Waals surface area contributed by atoms with Crippen LogP contribution < -0.4 is 10.4 Å². The smallest absolute Gasteiger partial charge is 0.261 e. The van der Waals surface area contributed by atoms with Crippen molar-refractivity contribution in [3.63, 3.8) is 0 Å². The van der Waals surface area contributed by atoms with Gasteiger partial charge in [0.1, 0.15) is 11.5 Å². The fourth-order valence-electron chi connectivity index (χ4n) is 3.69. The Bertz CT molecular complexity index is 777. The molecule has 0 aliphatic rings. The van der Waals surface area contributed by atoms with Crippen LogP contribution in [0.5, 0.6) is 0 Å². The van der Waals surface area contributed by atoms with Crippen LogP contribution in [0, 0.1) is 6.92 Å². The second-order valence-electron chi connectivity index (χ2n) is 7.77. The summed E-state index contributed by atoms with van der Waals surface area (Å²) in [5.74, 6) is 1.94. The largest absolute Gasteiger partial charge is 0.466 e. The molecular weight excluding hydrogens is 336 g/mol. The maximum Gasteiger partial charge on any atom is 0.261 e. The third-order valence-electron chi connectivity index (χ3n) is 4.88. The molecule has 0 amide bonds. The zero-order chi connectivity index (χ0) is 18.6. The van der Waals surface area contributed by atoms with Crippen molar-refractivity contribution in [2.75, 3.05) is 6.61 Å². The minimum atomic E-state index is -2.44. The second kappa shape index (κ2) is 7.64. The first kappa shape index (κ1) is 18.7. The minimum Gasteiger partial charge on any atom is -0.466 e. The molecule has 2 aromatic carbocycles. The van der Waals surface area contributed by atoms with Crippen molar-refractivity contribution in [2.45, 2.75) is 39.2 Å². The highest BCUT2D eigenvalue weighted by Crippen LogP contribution is 2.36. The summed E-state index contributed by atoms with van der Waals surface area (Å²) in [4.78, 5) is 0. The Morgan fingerprint density at radius 2 is 1.35 bits per heavy atom. The molecule has 0 fully saturated rings. The highest BCUT2D eigenvalue weighted by atomic mass is 28.4. The van der Waals surface area contributed by atoms with Crippen molar-refractivity contribution in [3.05, 3.63) is 84.3 Å². The first-order valence-corrected chi connectivity index (χ1v) is 11.1. The molecule has 3 rings (SSSR count). The summed E-state index contributed by atoms with van der Waals surface area (Å²) in [6.45, 7) is 9.54. The molecular formula is C23H28O2Si. The average Bonchev–Trinajstić information content (AvgIpc) is 3.04. The molecule has 0 aliphatic heterocycles. The van der Waals surface area contributed by atoms with Crippen LogP contribution in [0.25, 0.3) is 0 Å². The van der Waals surface area contributed by atoms with Crippen LogP contribution in [0.15, 0.2) is 77.2 Å². The number of aryl methyl sites for hydroxylation is 1. The second-order valence-corrected chi connectivity index (χ2v) is 12.1. The van der Waals surface area contributed by atoms with Crippen LogP contribution in [0.4, 0.5) is 0 Å². The first-order chi connectivity index (χ1) is 12.4. The molecule has 0 saturated carbocycles. The van der Waals surface area contributed by atoms with Gasteiger partial charge in [0.2, 0.25) is 0 Å². The van der Waals surface area contributed by atoms with E-state index in [1.54, 1.807) is 0 Å². The maximum absolute atomic E-state index is 6.86. The highest BCUT2D eigenvalue weighted by Gasteiger charge is 2.49. The molecule has 0 N–H and O–H groups in total. The Morgan fingerprint density at radius 3 is 1.77 bits per heavy atom. The minimum absolute atomic E-state index is 0.00872. The molecule has 0 bridgehead atoms. The molecule has 0 aliphatic carbocycles. The highest BCUT2D eigenvalue weighted by molar-refractivity contribution is 6.99. The van der Waals surface area contributed by atoms with Gasteiger partial charge in [-0.15, -0.1) is 0 Å². The Labute approximate surface area is 158 Å². The van der Waals surface area contributed by atoms with Gasteiger partial charge in [-0.2, -0.15) is 0 Å². The Morgan fingerprint density at radius 1 is 0.808 bits per heavy atom. The van der Waals surface area contributed by atoms with E-state index in [9.17, 15) is 0 Å². The summed E-state index contributed by atoms with van der Waals surface area (Å²) >= 11 is 0. The van der Waals surface area contributed by atoms with Crippen molar-refractivity contribution < 1.29 is 8.84 Å². The molecule has 0 atom stereocenters. The topological polar surface area (TPSA) is 22.4 Å². The summed E-state index contributed by atoms with van der Waals surface area (Å²) in [5, 5.41) is 2.64. The SMILES string of the molecule is Cc1ccc(CCO[Si](c2ccccc2)(c2ccccc2)C(C)(C)C)o1. The van der Waals surface area contributed by atoms with Gasteiger partial charge in [0.15, 0.2) is 0 Å². The average molecular weight is 365 g/mol. The fourth-order valence-corrected chi connectivity index (χ4v) is 8.25. The van der Waals surface area contributed by atoms with Gasteiger partial charge < -0.3 is 8.84 Å². The monoisotopic (exact) mass is 364 g/mol. The van der Waals surface area contributed by atoms with Crippen LogP contribution in [0.3, 0.4) is 0 Å². The van der Waals surface area contributed by atoms with Crippen molar-refractivity contribution >= 4 is 18.7 Å². The van der Waals surface area contributed by atoms with E-state index >= 15 is 0 Å². The third kappa shape index (κ3) is 3.69. The first-order valence-electron chi connectivity index (χ1n) is 9.24. The van der Waals surface area contributed by atoms with Gasteiger partial charge in [-0.05, 0) is 34.5 Å². The van der Waals surface area contributed by atoms with E-state index in [1.807, 2.05) is 19.1 Å². The number of hydrogen-bond acceptors (Lipinski definition) is 2. The van der Waals surface area contributed by atoms with E-state index in [0.29, 0.717) is 6.61 Å². The molecule has 1 heterocycles. The standard InChI is InChI=1S/C23H28O2Si/c1-19-15-16-20(25-19)17-18-24-26(23(2,3)4,21-11-7-5-8-12-21)22-13-9-6-10-14-22/h5-16H,17-18H2,1-4H3. The van der Waals surface area contributed by atoms with Gasteiger partial charge in [-0.25, -0.2) is 0 Å². The fraction of sp³-hybridized carbons (Fsp3) is 0.304. The molecule has 136 valence electrons. The summed E-state index contributed by atoms with van der Waals surface area (Å²) < 4.78 is 12.6. The molecule has 1 aromatic heterocycles. The predicted molar refractivity (Wildman–Crippen MR) is 111 cm³/mol. The Hall–Kier alpha value is -2.10. The van der Waals surface area contributed by atoms with E-state index in [2.05, 4.69) is 81.4 Å². The summed E-state index contributed by atoms with van der Waals surface area (Å²) in [6, 6.07) is 25.6. The summed E-state index contributed by atoms with van der Waals surface area (Å²) in [7, 11) is -2.44. The van der Waals surface area contributed by atoms with Crippen molar-refractivity contribution in [2.24, 2.45) is 0 Å². The number of hydrogen-bond donors (Lipinski definition) is 0. The predicted octanol–water partition coefficient (Wildman–Crippen LogP) is 4.71. The van der Waals surface area contributed by atoms with E-state index in [-0.39, 0.29) is 5.04 Å². The van der Waals surface area contributed by atoms with Crippen molar-refractivity contribution in [1.29, 1.82) is 0 Å².